The molecule has 0 amide bonds. The molecule has 1 rings (SSSR count). The van der Waals surface area contributed by atoms with Crippen molar-refractivity contribution >= 4 is 9.84 Å². The first kappa shape index (κ1) is 9.74. The highest BCUT2D eigenvalue weighted by molar-refractivity contribution is 7.90. The van der Waals surface area contributed by atoms with E-state index in [2.05, 4.69) is 0 Å². The Morgan fingerprint density at radius 2 is 1.92 bits per heavy atom. The molecule has 0 fully saturated rings. The molecule has 70 valence electrons. The van der Waals surface area contributed by atoms with Crippen molar-refractivity contribution in [2.45, 2.75) is 24.8 Å². The smallest absolute Gasteiger partial charge is 0.147 e. The van der Waals surface area contributed by atoms with Gasteiger partial charge in [0.05, 0.1) is 5.75 Å². The molecule has 0 aromatic rings. The fraction of sp³-hybridized carbons (Fsp3) is 0.750. The fourth-order valence-corrected chi connectivity index (χ4v) is 2.09. The first-order valence-corrected chi connectivity index (χ1v) is 6.09. The van der Waals surface area contributed by atoms with Crippen LogP contribution in [0, 0.1) is 0 Å². The van der Waals surface area contributed by atoms with E-state index in [1.807, 2.05) is 12.2 Å². The van der Waals surface area contributed by atoms with Crippen molar-refractivity contribution in [3.8, 4) is 0 Å². The lowest BCUT2D eigenvalue weighted by Gasteiger charge is -2.22. The highest BCUT2D eigenvalue weighted by Gasteiger charge is 2.26. The van der Waals surface area contributed by atoms with Crippen LogP contribution in [0.3, 0.4) is 0 Å². The summed E-state index contributed by atoms with van der Waals surface area (Å²) in [6.07, 6.45) is 7.47. The Morgan fingerprint density at radius 3 is 2.33 bits per heavy atom. The number of hydrogen-bond acceptors (Lipinski definition) is 3. The van der Waals surface area contributed by atoms with Gasteiger partial charge in [0.25, 0.3) is 0 Å². The van der Waals surface area contributed by atoms with E-state index in [4.69, 9.17) is 5.73 Å². The molecule has 3 nitrogen and oxygen atoms in total. The zero-order valence-corrected chi connectivity index (χ0v) is 8.10. The Labute approximate surface area is 73.6 Å². The fourth-order valence-electron chi connectivity index (χ4n) is 1.31. The lowest BCUT2D eigenvalue weighted by atomic mass is 9.95. The summed E-state index contributed by atoms with van der Waals surface area (Å²) in [4.78, 5) is 0. The molecule has 0 spiro atoms. The average Bonchev–Trinajstić information content (AvgIpc) is 2.32. The van der Waals surface area contributed by atoms with Gasteiger partial charge in [0, 0.05) is 11.8 Å². The molecule has 0 saturated carbocycles. The van der Waals surface area contributed by atoms with Crippen LogP contribution in [-0.4, -0.2) is 26.0 Å². The van der Waals surface area contributed by atoms with Crippen LogP contribution in [0.4, 0.5) is 0 Å². The van der Waals surface area contributed by atoms with Gasteiger partial charge in [-0.05, 0) is 19.3 Å². The Kier molecular flexibility index (Phi) is 2.58. The molecule has 1 aliphatic carbocycles. The molecule has 4 heteroatoms. The second-order valence-electron chi connectivity index (χ2n) is 3.62. The summed E-state index contributed by atoms with van der Waals surface area (Å²) < 4.78 is 21.7. The second-order valence-corrected chi connectivity index (χ2v) is 5.88. The highest BCUT2D eigenvalue weighted by atomic mass is 32.2. The molecule has 0 atom stereocenters. The standard InChI is InChI=1S/C8H15NO2S/c1-12(10,11)7-6-8(9)4-2-3-5-8/h2-3H,4-7,9H2,1H3. The highest BCUT2D eigenvalue weighted by Crippen LogP contribution is 2.24. The molecule has 0 aliphatic heterocycles. The zero-order valence-electron chi connectivity index (χ0n) is 7.29. The number of rotatable bonds is 3. The minimum atomic E-state index is -2.86. The van der Waals surface area contributed by atoms with Gasteiger partial charge >= 0.3 is 0 Å². The second kappa shape index (κ2) is 3.18. The van der Waals surface area contributed by atoms with Gasteiger partial charge in [0.15, 0.2) is 0 Å². The summed E-state index contributed by atoms with van der Waals surface area (Å²) in [5.74, 6) is 0.200. The molecule has 1 aliphatic rings. The predicted octanol–water partition coefficient (Wildman–Crippen LogP) is 0.469. The predicted molar refractivity (Wildman–Crippen MR) is 49.6 cm³/mol. The maximum Gasteiger partial charge on any atom is 0.147 e. The maximum absolute atomic E-state index is 10.9. The quantitative estimate of drug-likeness (QED) is 0.656. The molecular weight excluding hydrogens is 174 g/mol. The molecule has 0 aromatic carbocycles. The van der Waals surface area contributed by atoms with Gasteiger partial charge in [-0.2, -0.15) is 0 Å². The van der Waals surface area contributed by atoms with Crippen LogP contribution in [-0.2, 0) is 9.84 Å². The first-order chi connectivity index (χ1) is 5.41. The van der Waals surface area contributed by atoms with Crippen molar-refractivity contribution in [3.63, 3.8) is 0 Å². The Bertz CT molecular complexity index is 271. The third-order valence-corrected chi connectivity index (χ3v) is 3.13. The molecule has 2 N–H and O–H groups in total. The van der Waals surface area contributed by atoms with E-state index in [9.17, 15) is 8.42 Å². The molecule has 0 heterocycles. The number of hydrogen-bond donors (Lipinski definition) is 1. The van der Waals surface area contributed by atoms with E-state index in [1.165, 1.54) is 6.26 Å². The number of sulfone groups is 1. The monoisotopic (exact) mass is 189 g/mol. The third-order valence-electron chi connectivity index (χ3n) is 2.19. The summed E-state index contributed by atoms with van der Waals surface area (Å²) in [6, 6.07) is 0. The number of nitrogens with two attached hydrogens (primary N) is 1. The molecule has 0 radical (unpaired) electrons. The molecule has 12 heavy (non-hydrogen) atoms. The van der Waals surface area contributed by atoms with Gasteiger partial charge in [-0.15, -0.1) is 0 Å². The van der Waals surface area contributed by atoms with Crippen LogP contribution < -0.4 is 5.73 Å². The van der Waals surface area contributed by atoms with Crippen LogP contribution in [0.1, 0.15) is 19.3 Å². The van der Waals surface area contributed by atoms with Crippen molar-refractivity contribution in [3.05, 3.63) is 12.2 Å². The third kappa shape index (κ3) is 2.95. The minimum Gasteiger partial charge on any atom is -0.325 e. The van der Waals surface area contributed by atoms with Crippen LogP contribution in [0.15, 0.2) is 12.2 Å². The summed E-state index contributed by atoms with van der Waals surface area (Å²) in [5, 5.41) is 0. The lowest BCUT2D eigenvalue weighted by Crippen LogP contribution is -2.38. The van der Waals surface area contributed by atoms with Crippen LogP contribution in [0.5, 0.6) is 0 Å². The van der Waals surface area contributed by atoms with E-state index in [0.29, 0.717) is 6.42 Å². The van der Waals surface area contributed by atoms with Crippen LogP contribution in [0.25, 0.3) is 0 Å². The normalized spacial score (nSPS) is 21.5. The molecule has 0 unspecified atom stereocenters. The minimum absolute atomic E-state index is 0.200. The largest absolute Gasteiger partial charge is 0.325 e. The SMILES string of the molecule is CS(=O)(=O)CCC1(N)CC=CC1. The van der Waals surface area contributed by atoms with Crippen LogP contribution in [0.2, 0.25) is 0 Å². The Morgan fingerprint density at radius 1 is 1.42 bits per heavy atom. The zero-order chi connectivity index (χ0) is 9.24. The Balaban J connectivity index is 2.42. The van der Waals surface area contributed by atoms with Crippen molar-refractivity contribution < 1.29 is 8.42 Å². The summed E-state index contributed by atoms with van der Waals surface area (Å²) in [7, 11) is -2.86. The topological polar surface area (TPSA) is 60.2 Å². The molecular formula is C8H15NO2S. The van der Waals surface area contributed by atoms with Crippen molar-refractivity contribution in [1.29, 1.82) is 0 Å². The maximum atomic E-state index is 10.9. The van der Waals surface area contributed by atoms with Crippen molar-refractivity contribution in [2.75, 3.05) is 12.0 Å². The van der Waals surface area contributed by atoms with E-state index >= 15 is 0 Å². The van der Waals surface area contributed by atoms with Gasteiger partial charge in [-0.1, -0.05) is 12.2 Å². The summed E-state index contributed by atoms with van der Waals surface area (Å²) in [6.45, 7) is 0. The van der Waals surface area contributed by atoms with Gasteiger partial charge in [0.1, 0.15) is 9.84 Å². The van der Waals surface area contributed by atoms with E-state index in [-0.39, 0.29) is 11.3 Å². The molecule has 0 bridgehead atoms. The van der Waals surface area contributed by atoms with Crippen molar-refractivity contribution in [2.24, 2.45) is 5.73 Å². The van der Waals surface area contributed by atoms with Gasteiger partial charge < -0.3 is 5.73 Å². The first-order valence-electron chi connectivity index (χ1n) is 4.03. The van der Waals surface area contributed by atoms with Crippen LogP contribution >= 0.6 is 0 Å². The molecule has 0 aromatic heterocycles. The summed E-state index contributed by atoms with van der Waals surface area (Å²) >= 11 is 0. The van der Waals surface area contributed by atoms with E-state index in [1.54, 1.807) is 0 Å². The van der Waals surface area contributed by atoms with E-state index < -0.39 is 9.84 Å². The van der Waals surface area contributed by atoms with Gasteiger partial charge in [-0.25, -0.2) is 8.42 Å². The van der Waals surface area contributed by atoms with Gasteiger partial charge in [0.2, 0.25) is 0 Å². The molecule has 0 saturated heterocycles. The van der Waals surface area contributed by atoms with Crippen molar-refractivity contribution in [1.82, 2.24) is 0 Å². The Hall–Kier alpha value is -0.350. The summed E-state index contributed by atoms with van der Waals surface area (Å²) in [5.41, 5.74) is 5.65. The van der Waals surface area contributed by atoms with Gasteiger partial charge in [-0.3, -0.25) is 0 Å². The van der Waals surface area contributed by atoms with E-state index in [0.717, 1.165) is 12.8 Å². The lowest BCUT2D eigenvalue weighted by molar-refractivity contribution is 0.439. The average molecular weight is 189 g/mol.